The van der Waals surface area contributed by atoms with Crippen molar-refractivity contribution in [3.63, 3.8) is 0 Å². The summed E-state index contributed by atoms with van der Waals surface area (Å²) in [6.45, 7) is 12.3. The molecular formula is C23H31NO. The number of rotatable bonds is 4. The molecule has 134 valence electrons. The highest BCUT2D eigenvalue weighted by atomic mass is 16.1. The maximum Gasteiger partial charge on any atom is 0.164 e. The fourth-order valence-corrected chi connectivity index (χ4v) is 4.33. The minimum atomic E-state index is 0.262. The molecule has 1 aliphatic rings. The number of Topliss-reactive ketones (excluding diaryl/α,β-unsaturated/α-hetero) is 1. The van der Waals surface area contributed by atoms with E-state index >= 15 is 0 Å². The molecule has 0 bridgehead atoms. The Balaban J connectivity index is 1.65. The van der Waals surface area contributed by atoms with Gasteiger partial charge in [0.2, 0.25) is 0 Å². The van der Waals surface area contributed by atoms with Gasteiger partial charge in [0.1, 0.15) is 0 Å². The zero-order chi connectivity index (χ0) is 18.0. The van der Waals surface area contributed by atoms with Crippen LogP contribution in [0.1, 0.15) is 56.0 Å². The van der Waals surface area contributed by atoms with Crippen molar-refractivity contribution in [2.75, 3.05) is 19.6 Å². The fourth-order valence-electron chi connectivity index (χ4n) is 4.33. The van der Waals surface area contributed by atoms with E-state index in [1.54, 1.807) is 0 Å². The largest absolute Gasteiger partial charge is 0.302 e. The maximum absolute atomic E-state index is 12.7. The molecular weight excluding hydrogens is 306 g/mol. The van der Waals surface area contributed by atoms with Gasteiger partial charge in [-0.1, -0.05) is 56.7 Å². The minimum absolute atomic E-state index is 0.262. The van der Waals surface area contributed by atoms with E-state index in [1.807, 2.05) is 12.1 Å². The number of hydrogen-bond acceptors (Lipinski definition) is 2. The summed E-state index contributed by atoms with van der Waals surface area (Å²) in [5.74, 6) is 1.04. The normalized spacial score (nSPS) is 21.2. The van der Waals surface area contributed by atoms with Gasteiger partial charge >= 0.3 is 0 Å². The topological polar surface area (TPSA) is 20.3 Å². The first kappa shape index (κ1) is 18.1. The molecule has 0 spiro atoms. The van der Waals surface area contributed by atoms with Crippen molar-refractivity contribution in [2.45, 2.75) is 47.0 Å². The lowest BCUT2D eigenvalue weighted by Gasteiger charge is -2.29. The predicted octanol–water partition coefficient (Wildman–Crippen LogP) is 5.48. The molecule has 1 atom stereocenters. The summed E-state index contributed by atoms with van der Waals surface area (Å²) < 4.78 is 0. The molecule has 1 unspecified atom stereocenters. The molecule has 1 heterocycles. The Morgan fingerprint density at radius 1 is 1.16 bits per heavy atom. The monoisotopic (exact) mass is 337 g/mol. The van der Waals surface area contributed by atoms with Gasteiger partial charge in [0.25, 0.3) is 0 Å². The molecule has 25 heavy (non-hydrogen) atoms. The van der Waals surface area contributed by atoms with Crippen LogP contribution in [0.15, 0.2) is 36.4 Å². The summed E-state index contributed by atoms with van der Waals surface area (Å²) in [5.41, 5.74) is 2.45. The Morgan fingerprint density at radius 3 is 2.68 bits per heavy atom. The molecule has 2 nitrogen and oxygen atoms in total. The van der Waals surface area contributed by atoms with Crippen LogP contribution in [-0.4, -0.2) is 30.3 Å². The van der Waals surface area contributed by atoms with Crippen LogP contribution in [0.2, 0.25) is 0 Å². The van der Waals surface area contributed by atoms with Crippen LogP contribution in [0.25, 0.3) is 10.8 Å². The first-order valence-electron chi connectivity index (χ1n) is 9.58. The average Bonchev–Trinajstić information content (AvgIpc) is 2.68. The first-order valence-corrected chi connectivity index (χ1v) is 9.58. The number of hydrogen-bond donors (Lipinski definition) is 0. The Bertz CT molecular complexity index is 762. The van der Waals surface area contributed by atoms with Crippen molar-refractivity contribution in [1.29, 1.82) is 0 Å². The number of benzene rings is 2. The maximum atomic E-state index is 12.7. The van der Waals surface area contributed by atoms with E-state index in [9.17, 15) is 4.79 Å². The summed E-state index contributed by atoms with van der Waals surface area (Å²) in [6.07, 6.45) is 3.14. The third kappa shape index (κ3) is 4.70. The van der Waals surface area contributed by atoms with Crippen LogP contribution in [-0.2, 0) is 0 Å². The molecule has 2 aromatic rings. The second kappa shape index (κ2) is 7.29. The van der Waals surface area contributed by atoms with E-state index in [2.05, 4.69) is 56.9 Å². The summed E-state index contributed by atoms with van der Waals surface area (Å²) in [5, 5.41) is 2.36. The molecule has 3 rings (SSSR count). The standard InChI is InChI=1S/C23H31NO/c1-17-5-6-20-14-21(8-7-19(20)13-17)22(25)10-12-24-11-9-18(2)15-23(3,4)16-24/h5-8,13-14,18H,9-12,15-16H2,1-4H3. The van der Waals surface area contributed by atoms with Gasteiger partial charge in [-0.25, -0.2) is 0 Å². The van der Waals surface area contributed by atoms with Crippen LogP contribution < -0.4 is 0 Å². The van der Waals surface area contributed by atoms with E-state index in [-0.39, 0.29) is 5.78 Å². The highest BCUT2D eigenvalue weighted by Crippen LogP contribution is 2.31. The molecule has 1 aliphatic heterocycles. The van der Waals surface area contributed by atoms with Crippen molar-refractivity contribution in [3.8, 4) is 0 Å². The van der Waals surface area contributed by atoms with Crippen LogP contribution in [0.5, 0.6) is 0 Å². The molecule has 0 aliphatic carbocycles. The van der Waals surface area contributed by atoms with E-state index in [1.165, 1.54) is 23.8 Å². The molecule has 0 amide bonds. The van der Waals surface area contributed by atoms with Gasteiger partial charge in [-0.3, -0.25) is 4.79 Å². The van der Waals surface area contributed by atoms with Gasteiger partial charge in [-0.05, 0) is 54.5 Å². The Kier molecular flexibility index (Phi) is 5.29. The SMILES string of the molecule is Cc1ccc2cc(C(=O)CCN3CCC(C)CC(C)(C)C3)ccc2c1. The van der Waals surface area contributed by atoms with E-state index in [0.717, 1.165) is 36.5 Å². The number of carbonyl (C=O) groups excluding carboxylic acids is 1. The lowest BCUT2D eigenvalue weighted by molar-refractivity contribution is 0.0954. The molecule has 0 aromatic heterocycles. The number of nitrogens with zero attached hydrogens (tertiary/aromatic N) is 1. The molecule has 0 radical (unpaired) electrons. The second-order valence-electron chi connectivity index (χ2n) is 8.78. The van der Waals surface area contributed by atoms with Crippen LogP contribution in [0.4, 0.5) is 0 Å². The fraction of sp³-hybridized carbons (Fsp3) is 0.522. The number of carbonyl (C=O) groups is 1. The van der Waals surface area contributed by atoms with Crippen molar-refractivity contribution in [2.24, 2.45) is 11.3 Å². The molecule has 2 heteroatoms. The lowest BCUT2D eigenvalue weighted by Crippen LogP contribution is -2.34. The second-order valence-corrected chi connectivity index (χ2v) is 8.78. The highest BCUT2D eigenvalue weighted by Gasteiger charge is 2.28. The third-order valence-corrected chi connectivity index (χ3v) is 5.46. The minimum Gasteiger partial charge on any atom is -0.302 e. The number of likely N-dealkylation sites (tertiary alicyclic amines) is 1. The lowest BCUT2D eigenvalue weighted by atomic mass is 9.83. The van der Waals surface area contributed by atoms with Crippen LogP contribution in [0, 0.1) is 18.3 Å². The van der Waals surface area contributed by atoms with Crippen LogP contribution in [0.3, 0.4) is 0 Å². The van der Waals surface area contributed by atoms with Crippen molar-refractivity contribution >= 4 is 16.6 Å². The van der Waals surface area contributed by atoms with Gasteiger partial charge in [0.05, 0.1) is 0 Å². The number of aryl methyl sites for hydroxylation is 1. The van der Waals surface area contributed by atoms with E-state index < -0.39 is 0 Å². The van der Waals surface area contributed by atoms with Gasteiger partial charge in [-0.2, -0.15) is 0 Å². The van der Waals surface area contributed by atoms with Gasteiger partial charge in [0, 0.05) is 25.1 Å². The smallest absolute Gasteiger partial charge is 0.164 e. The Labute approximate surface area is 152 Å². The van der Waals surface area contributed by atoms with Gasteiger partial charge in [0.15, 0.2) is 5.78 Å². The van der Waals surface area contributed by atoms with E-state index in [4.69, 9.17) is 0 Å². The van der Waals surface area contributed by atoms with Crippen molar-refractivity contribution in [3.05, 3.63) is 47.5 Å². The predicted molar refractivity (Wildman–Crippen MR) is 106 cm³/mol. The Hall–Kier alpha value is -1.67. The highest BCUT2D eigenvalue weighted by molar-refractivity contribution is 6.00. The number of ketones is 1. The average molecular weight is 338 g/mol. The van der Waals surface area contributed by atoms with Gasteiger partial charge < -0.3 is 4.90 Å². The summed E-state index contributed by atoms with van der Waals surface area (Å²) in [4.78, 5) is 15.2. The van der Waals surface area contributed by atoms with Crippen molar-refractivity contribution in [1.82, 2.24) is 4.90 Å². The molecule has 0 saturated carbocycles. The van der Waals surface area contributed by atoms with Gasteiger partial charge in [-0.15, -0.1) is 0 Å². The summed E-state index contributed by atoms with van der Waals surface area (Å²) >= 11 is 0. The summed E-state index contributed by atoms with van der Waals surface area (Å²) in [6, 6.07) is 12.5. The molecule has 1 saturated heterocycles. The molecule has 0 N–H and O–H groups in total. The number of fused-ring (bicyclic) bond motifs is 1. The Morgan fingerprint density at radius 2 is 1.88 bits per heavy atom. The van der Waals surface area contributed by atoms with E-state index in [0.29, 0.717) is 11.8 Å². The third-order valence-electron chi connectivity index (χ3n) is 5.46. The summed E-state index contributed by atoms with van der Waals surface area (Å²) in [7, 11) is 0. The zero-order valence-electron chi connectivity index (χ0n) is 16.1. The zero-order valence-corrected chi connectivity index (χ0v) is 16.1. The van der Waals surface area contributed by atoms with Crippen LogP contribution >= 0.6 is 0 Å². The molecule has 1 fully saturated rings. The first-order chi connectivity index (χ1) is 11.8. The quantitative estimate of drug-likeness (QED) is 0.689. The van der Waals surface area contributed by atoms with Crippen molar-refractivity contribution < 1.29 is 4.79 Å². The molecule has 2 aromatic carbocycles.